The van der Waals surface area contributed by atoms with E-state index in [9.17, 15) is 9.59 Å². The lowest BCUT2D eigenvalue weighted by molar-refractivity contribution is -0.136. The maximum atomic E-state index is 12.8. The lowest BCUT2D eigenvalue weighted by Gasteiger charge is -2.40. The number of piperidine rings is 2. The fourth-order valence-corrected chi connectivity index (χ4v) is 3.81. The van der Waals surface area contributed by atoms with Crippen LogP contribution < -0.4 is 5.32 Å². The number of anilines is 1. The molecule has 0 bridgehead atoms. The number of benzene rings is 1. The highest BCUT2D eigenvalue weighted by Gasteiger charge is 2.31. The molecule has 2 fully saturated rings. The number of nitrogens with zero attached hydrogens (tertiary/aromatic N) is 2. The van der Waals surface area contributed by atoms with Crippen LogP contribution in [0.5, 0.6) is 0 Å². The highest BCUT2D eigenvalue weighted by Crippen LogP contribution is 2.26. The molecule has 0 unspecified atom stereocenters. The van der Waals surface area contributed by atoms with Crippen molar-refractivity contribution < 1.29 is 9.59 Å². The van der Waals surface area contributed by atoms with Gasteiger partial charge in [0, 0.05) is 44.8 Å². The van der Waals surface area contributed by atoms with E-state index in [4.69, 9.17) is 11.6 Å². The summed E-state index contributed by atoms with van der Waals surface area (Å²) in [7, 11) is 1.82. The number of rotatable bonds is 3. The van der Waals surface area contributed by atoms with Crippen molar-refractivity contribution in [3.8, 4) is 0 Å². The van der Waals surface area contributed by atoms with E-state index in [1.165, 1.54) is 0 Å². The molecule has 0 spiro atoms. The number of hydrogen-bond acceptors (Lipinski definition) is 3. The molecule has 0 aromatic heterocycles. The molecular weight excluding hydrogens is 326 g/mol. The molecule has 1 aromatic carbocycles. The molecule has 1 N–H and O–H groups in total. The summed E-state index contributed by atoms with van der Waals surface area (Å²) in [5.41, 5.74) is 1.41. The Balaban J connectivity index is 1.64. The molecule has 2 amide bonds. The lowest BCUT2D eigenvalue weighted by Crippen LogP contribution is -2.50. The Hall–Kier alpha value is -1.75. The van der Waals surface area contributed by atoms with Gasteiger partial charge in [-0.25, -0.2) is 0 Å². The lowest BCUT2D eigenvalue weighted by atomic mass is 9.99. The third-order valence-electron chi connectivity index (χ3n) is 5.04. The highest BCUT2D eigenvalue weighted by molar-refractivity contribution is 6.34. The molecule has 0 atom stereocenters. The van der Waals surface area contributed by atoms with Gasteiger partial charge >= 0.3 is 0 Å². The van der Waals surface area contributed by atoms with Gasteiger partial charge < -0.3 is 15.1 Å². The van der Waals surface area contributed by atoms with E-state index in [0.717, 1.165) is 37.9 Å². The second-order valence-corrected chi connectivity index (χ2v) is 6.92. The van der Waals surface area contributed by atoms with Gasteiger partial charge in [0.2, 0.25) is 5.91 Å². The molecular formula is C18H24ClN3O2. The van der Waals surface area contributed by atoms with Crippen molar-refractivity contribution in [3.63, 3.8) is 0 Å². The summed E-state index contributed by atoms with van der Waals surface area (Å²) in [6, 6.07) is 5.68. The molecule has 2 aliphatic rings. The first kappa shape index (κ1) is 17.1. The minimum atomic E-state index is -0.0273. The Morgan fingerprint density at radius 1 is 1.21 bits per heavy atom. The van der Waals surface area contributed by atoms with E-state index in [2.05, 4.69) is 5.32 Å². The average Bonchev–Trinajstić information content (AvgIpc) is 2.62. The van der Waals surface area contributed by atoms with E-state index in [1.54, 1.807) is 12.1 Å². The molecule has 0 aliphatic carbocycles. The molecule has 2 aliphatic heterocycles. The molecule has 2 heterocycles. The second-order valence-electron chi connectivity index (χ2n) is 6.51. The van der Waals surface area contributed by atoms with Gasteiger partial charge in [0.25, 0.3) is 5.91 Å². The van der Waals surface area contributed by atoms with Gasteiger partial charge in [0.15, 0.2) is 0 Å². The van der Waals surface area contributed by atoms with Crippen molar-refractivity contribution in [3.05, 3.63) is 28.8 Å². The van der Waals surface area contributed by atoms with Gasteiger partial charge in [0.1, 0.15) is 0 Å². The predicted octanol–water partition coefficient (Wildman–Crippen LogP) is 3.00. The molecule has 3 rings (SSSR count). The van der Waals surface area contributed by atoms with Crippen molar-refractivity contribution in [1.82, 2.24) is 9.80 Å². The van der Waals surface area contributed by atoms with Crippen LogP contribution in [0, 0.1) is 0 Å². The first-order valence-electron chi connectivity index (χ1n) is 8.66. The van der Waals surface area contributed by atoms with Crippen LogP contribution in [-0.2, 0) is 4.79 Å². The molecule has 6 heteroatoms. The van der Waals surface area contributed by atoms with Crippen LogP contribution in [0.4, 0.5) is 5.69 Å². The van der Waals surface area contributed by atoms with Crippen LogP contribution in [0.25, 0.3) is 0 Å². The molecule has 0 radical (unpaired) electrons. The minimum Gasteiger partial charge on any atom is -0.388 e. The largest absolute Gasteiger partial charge is 0.388 e. The zero-order chi connectivity index (χ0) is 17.1. The zero-order valence-electron chi connectivity index (χ0n) is 14.1. The summed E-state index contributed by atoms with van der Waals surface area (Å²) >= 11 is 6.21. The van der Waals surface area contributed by atoms with E-state index in [0.29, 0.717) is 30.1 Å². The third kappa shape index (κ3) is 3.51. The Labute approximate surface area is 147 Å². The van der Waals surface area contributed by atoms with E-state index in [-0.39, 0.29) is 17.9 Å². The standard InChI is InChI=1S/C18H24ClN3O2/c1-20-13-5-6-16(19)15(12-13)18(24)21-10-7-14(8-11-21)22-9-3-2-4-17(22)23/h5-6,12,14,20H,2-4,7-11H2,1H3. The quantitative estimate of drug-likeness (QED) is 0.912. The summed E-state index contributed by atoms with van der Waals surface area (Å²) in [4.78, 5) is 28.7. The number of likely N-dealkylation sites (tertiary alicyclic amines) is 2. The maximum Gasteiger partial charge on any atom is 0.255 e. The van der Waals surface area contributed by atoms with Gasteiger partial charge in [-0.05, 0) is 43.9 Å². The van der Waals surface area contributed by atoms with Crippen LogP contribution >= 0.6 is 11.6 Å². The number of amides is 2. The molecule has 1 aromatic rings. The van der Waals surface area contributed by atoms with E-state index < -0.39 is 0 Å². The average molecular weight is 350 g/mol. The van der Waals surface area contributed by atoms with Gasteiger partial charge in [0.05, 0.1) is 10.6 Å². The van der Waals surface area contributed by atoms with Crippen molar-refractivity contribution in [2.45, 2.75) is 38.1 Å². The zero-order valence-corrected chi connectivity index (χ0v) is 14.8. The Kier molecular flexibility index (Phi) is 5.29. The van der Waals surface area contributed by atoms with Crippen LogP contribution in [0.1, 0.15) is 42.5 Å². The molecule has 24 heavy (non-hydrogen) atoms. The third-order valence-corrected chi connectivity index (χ3v) is 5.37. The van der Waals surface area contributed by atoms with Crippen LogP contribution in [0.15, 0.2) is 18.2 Å². The van der Waals surface area contributed by atoms with Gasteiger partial charge in [-0.15, -0.1) is 0 Å². The van der Waals surface area contributed by atoms with Gasteiger partial charge in [-0.2, -0.15) is 0 Å². The fourth-order valence-electron chi connectivity index (χ4n) is 3.61. The highest BCUT2D eigenvalue weighted by atomic mass is 35.5. The van der Waals surface area contributed by atoms with Crippen molar-refractivity contribution in [2.24, 2.45) is 0 Å². The Bertz CT molecular complexity index is 627. The normalized spacial score (nSPS) is 19.5. The number of carbonyl (C=O) groups is 2. The van der Waals surface area contributed by atoms with Crippen LogP contribution in [0.3, 0.4) is 0 Å². The molecule has 5 nitrogen and oxygen atoms in total. The summed E-state index contributed by atoms with van der Waals surface area (Å²) in [6.45, 7) is 2.22. The van der Waals surface area contributed by atoms with Crippen molar-refractivity contribution in [1.29, 1.82) is 0 Å². The smallest absolute Gasteiger partial charge is 0.255 e. The van der Waals surface area contributed by atoms with Gasteiger partial charge in [-0.1, -0.05) is 11.6 Å². The topological polar surface area (TPSA) is 52.7 Å². The van der Waals surface area contributed by atoms with Crippen molar-refractivity contribution >= 4 is 29.1 Å². The minimum absolute atomic E-state index is 0.0273. The summed E-state index contributed by atoms with van der Waals surface area (Å²) in [5.74, 6) is 0.247. The number of carbonyl (C=O) groups excluding carboxylic acids is 2. The van der Waals surface area contributed by atoms with Crippen LogP contribution in [0.2, 0.25) is 5.02 Å². The number of nitrogens with one attached hydrogen (secondary N) is 1. The number of halogens is 1. The van der Waals surface area contributed by atoms with Gasteiger partial charge in [-0.3, -0.25) is 9.59 Å². The van der Waals surface area contributed by atoms with E-state index in [1.807, 2.05) is 22.9 Å². The monoisotopic (exact) mass is 349 g/mol. The predicted molar refractivity (Wildman–Crippen MR) is 95.5 cm³/mol. The fraction of sp³-hybridized carbons (Fsp3) is 0.556. The number of hydrogen-bond donors (Lipinski definition) is 1. The Morgan fingerprint density at radius 2 is 1.96 bits per heavy atom. The van der Waals surface area contributed by atoms with E-state index >= 15 is 0 Å². The maximum absolute atomic E-state index is 12.8. The second kappa shape index (κ2) is 7.43. The first-order valence-corrected chi connectivity index (χ1v) is 9.04. The summed E-state index contributed by atoms with van der Waals surface area (Å²) < 4.78 is 0. The van der Waals surface area contributed by atoms with Crippen molar-refractivity contribution in [2.75, 3.05) is 32.0 Å². The summed E-state index contributed by atoms with van der Waals surface area (Å²) in [6.07, 6.45) is 4.47. The summed E-state index contributed by atoms with van der Waals surface area (Å²) in [5, 5.41) is 3.51. The van der Waals surface area contributed by atoms with Crippen LogP contribution in [-0.4, -0.2) is 54.3 Å². The Morgan fingerprint density at radius 3 is 2.62 bits per heavy atom. The molecule has 2 saturated heterocycles. The SMILES string of the molecule is CNc1ccc(Cl)c(C(=O)N2CCC(N3CCCCC3=O)CC2)c1. The molecule has 0 saturated carbocycles. The first-order chi connectivity index (χ1) is 11.6. The molecule has 130 valence electrons.